The van der Waals surface area contributed by atoms with Crippen LogP contribution in [0.3, 0.4) is 0 Å². The van der Waals surface area contributed by atoms with Crippen molar-refractivity contribution in [2.24, 2.45) is 0 Å². The number of nitrogens with one attached hydrogen (secondary N) is 1. The minimum atomic E-state index is -0.115. The summed E-state index contributed by atoms with van der Waals surface area (Å²) in [4.78, 5) is 16.7. The number of thioether (sulfide) groups is 1. The summed E-state index contributed by atoms with van der Waals surface area (Å²) in [5.41, 5.74) is 5.12. The molecule has 7 heteroatoms. The highest BCUT2D eigenvalue weighted by atomic mass is 32.2. The molecule has 1 N–H and O–H groups in total. The number of hydrogen-bond donors (Lipinski definition) is 1. The Labute approximate surface area is 194 Å². The first-order valence-electron chi connectivity index (χ1n) is 11.0. The Morgan fingerprint density at radius 3 is 2.50 bits per heavy atom. The Kier molecular flexibility index (Phi) is 7.17. The third-order valence-electron chi connectivity index (χ3n) is 5.91. The van der Waals surface area contributed by atoms with Crippen molar-refractivity contribution in [1.82, 2.24) is 20.0 Å². The summed E-state index contributed by atoms with van der Waals surface area (Å²) in [6.07, 6.45) is 3.00. The van der Waals surface area contributed by atoms with E-state index in [-0.39, 0.29) is 5.91 Å². The van der Waals surface area contributed by atoms with Gasteiger partial charge in [0.1, 0.15) is 5.75 Å². The van der Waals surface area contributed by atoms with Gasteiger partial charge in [0.05, 0.1) is 7.11 Å². The molecular weight excluding hydrogens is 420 g/mol. The molecule has 0 unspecified atom stereocenters. The molecule has 1 aliphatic heterocycles. The summed E-state index contributed by atoms with van der Waals surface area (Å²) in [6.45, 7) is 5.89. The second-order valence-corrected chi connectivity index (χ2v) is 8.81. The fourth-order valence-corrected chi connectivity index (χ4v) is 4.53. The van der Waals surface area contributed by atoms with Gasteiger partial charge >= 0.3 is 0 Å². The van der Waals surface area contributed by atoms with Crippen LogP contribution in [0.2, 0.25) is 0 Å². The Morgan fingerprint density at radius 2 is 1.84 bits per heavy atom. The topological polar surface area (TPSA) is 59.4 Å². The predicted octanol–water partition coefficient (Wildman–Crippen LogP) is 4.12. The van der Waals surface area contributed by atoms with Crippen LogP contribution in [-0.4, -0.2) is 40.5 Å². The van der Waals surface area contributed by atoms with E-state index in [2.05, 4.69) is 52.8 Å². The molecule has 168 valence electrons. The first kappa shape index (κ1) is 22.4. The van der Waals surface area contributed by atoms with Crippen molar-refractivity contribution < 1.29 is 9.53 Å². The molecule has 1 amide bonds. The van der Waals surface area contributed by atoms with Crippen molar-refractivity contribution >= 4 is 17.7 Å². The zero-order valence-corrected chi connectivity index (χ0v) is 19.7. The number of carbonyl (C=O) groups excluding carboxylic acids is 1. The van der Waals surface area contributed by atoms with Crippen molar-refractivity contribution in [3.63, 3.8) is 0 Å². The fourth-order valence-electron chi connectivity index (χ4n) is 4.12. The molecule has 1 aromatic heterocycles. The van der Waals surface area contributed by atoms with E-state index in [1.807, 2.05) is 28.9 Å². The molecule has 0 fully saturated rings. The number of amides is 1. The highest BCUT2D eigenvalue weighted by molar-refractivity contribution is 7.98. The highest BCUT2D eigenvalue weighted by Gasteiger charge is 2.27. The van der Waals surface area contributed by atoms with E-state index < -0.39 is 0 Å². The first-order chi connectivity index (χ1) is 15.6. The monoisotopic (exact) mass is 450 g/mol. The summed E-state index contributed by atoms with van der Waals surface area (Å²) < 4.78 is 7.19. The van der Waals surface area contributed by atoms with Gasteiger partial charge in [-0.15, -0.1) is 11.8 Å². The standard InChI is InChI=1S/C25H30N4O2S/c1-4-29-23-13-14-28(16-19-7-11-21(32-3)12-8-19)17-22(23)24(27-29)25(30)26-15-18-5-9-20(31-2)10-6-18/h5-12H,4,13-17H2,1-3H3,(H,26,30). The minimum absolute atomic E-state index is 0.115. The molecule has 2 heterocycles. The van der Waals surface area contributed by atoms with Crippen molar-refractivity contribution in [3.05, 3.63) is 76.6 Å². The lowest BCUT2D eigenvalue weighted by molar-refractivity contribution is 0.0942. The van der Waals surface area contributed by atoms with Crippen molar-refractivity contribution in [2.75, 3.05) is 19.9 Å². The predicted molar refractivity (Wildman–Crippen MR) is 128 cm³/mol. The van der Waals surface area contributed by atoms with Crippen molar-refractivity contribution in [2.45, 2.75) is 44.4 Å². The third kappa shape index (κ3) is 5.00. The lowest BCUT2D eigenvalue weighted by Gasteiger charge is -2.27. The van der Waals surface area contributed by atoms with Gasteiger partial charge in [0.15, 0.2) is 5.69 Å². The van der Waals surface area contributed by atoms with Gasteiger partial charge in [-0.25, -0.2) is 0 Å². The lowest BCUT2D eigenvalue weighted by Crippen LogP contribution is -2.32. The van der Waals surface area contributed by atoms with Crippen LogP contribution >= 0.6 is 11.8 Å². The molecule has 1 aliphatic rings. The van der Waals surface area contributed by atoms with Gasteiger partial charge in [-0.1, -0.05) is 24.3 Å². The van der Waals surface area contributed by atoms with Crippen LogP contribution in [0, 0.1) is 0 Å². The van der Waals surface area contributed by atoms with E-state index in [0.29, 0.717) is 12.2 Å². The van der Waals surface area contributed by atoms with Crippen LogP contribution in [0.4, 0.5) is 0 Å². The van der Waals surface area contributed by atoms with Gasteiger partial charge in [0.2, 0.25) is 0 Å². The number of carbonyl (C=O) groups is 1. The number of methoxy groups -OCH3 is 1. The average Bonchev–Trinajstić information content (AvgIpc) is 3.21. The van der Waals surface area contributed by atoms with Gasteiger partial charge in [-0.3, -0.25) is 14.4 Å². The average molecular weight is 451 g/mol. The van der Waals surface area contributed by atoms with Crippen LogP contribution in [0.5, 0.6) is 5.75 Å². The van der Waals surface area contributed by atoms with E-state index in [1.54, 1.807) is 18.9 Å². The number of ether oxygens (including phenoxy) is 1. The first-order valence-corrected chi connectivity index (χ1v) is 12.2. The van der Waals surface area contributed by atoms with Crippen LogP contribution in [0.15, 0.2) is 53.4 Å². The molecule has 3 aromatic rings. The molecule has 0 bridgehead atoms. The second kappa shape index (κ2) is 10.2. The SMILES string of the molecule is CCn1nc(C(=O)NCc2ccc(OC)cc2)c2c1CCN(Cc1ccc(SC)cc1)C2. The molecule has 6 nitrogen and oxygen atoms in total. The van der Waals surface area contributed by atoms with E-state index in [9.17, 15) is 4.79 Å². The van der Waals surface area contributed by atoms with E-state index in [1.165, 1.54) is 16.2 Å². The maximum Gasteiger partial charge on any atom is 0.272 e. The molecule has 0 atom stereocenters. The Balaban J connectivity index is 1.46. The van der Waals surface area contributed by atoms with Crippen molar-refractivity contribution in [3.8, 4) is 5.75 Å². The van der Waals surface area contributed by atoms with Crippen LogP contribution in [-0.2, 0) is 32.6 Å². The van der Waals surface area contributed by atoms with Gasteiger partial charge in [-0.05, 0) is 48.6 Å². The Hall–Kier alpha value is -2.77. The molecular formula is C25H30N4O2S. The number of aromatic nitrogens is 2. The largest absolute Gasteiger partial charge is 0.497 e. The van der Waals surface area contributed by atoms with E-state index in [0.717, 1.165) is 49.5 Å². The smallest absolute Gasteiger partial charge is 0.272 e. The maximum atomic E-state index is 13.0. The maximum absolute atomic E-state index is 13.0. The van der Waals surface area contributed by atoms with Crippen LogP contribution in [0.25, 0.3) is 0 Å². The second-order valence-electron chi connectivity index (χ2n) is 7.93. The molecule has 4 rings (SSSR count). The molecule has 0 spiro atoms. The summed E-state index contributed by atoms with van der Waals surface area (Å²) in [5.74, 6) is 0.689. The van der Waals surface area contributed by atoms with Crippen molar-refractivity contribution in [1.29, 1.82) is 0 Å². The molecule has 0 saturated carbocycles. The minimum Gasteiger partial charge on any atom is -0.497 e. The Morgan fingerprint density at radius 1 is 1.12 bits per heavy atom. The number of nitrogens with zero attached hydrogens (tertiary/aromatic N) is 3. The summed E-state index contributed by atoms with van der Waals surface area (Å²) >= 11 is 1.75. The number of hydrogen-bond acceptors (Lipinski definition) is 5. The number of aryl methyl sites for hydroxylation is 1. The molecule has 2 aromatic carbocycles. The van der Waals surface area contributed by atoms with Gasteiger partial charge in [-0.2, -0.15) is 5.10 Å². The highest BCUT2D eigenvalue weighted by Crippen LogP contribution is 2.25. The third-order valence-corrected chi connectivity index (χ3v) is 6.65. The Bertz CT molecular complexity index is 1060. The normalized spacial score (nSPS) is 13.6. The summed E-state index contributed by atoms with van der Waals surface area (Å²) in [6, 6.07) is 16.5. The van der Waals surface area contributed by atoms with Gasteiger partial charge in [0.25, 0.3) is 5.91 Å². The van der Waals surface area contributed by atoms with E-state index >= 15 is 0 Å². The van der Waals surface area contributed by atoms with Gasteiger partial charge < -0.3 is 10.1 Å². The fraction of sp³-hybridized carbons (Fsp3) is 0.360. The quantitative estimate of drug-likeness (QED) is 0.523. The zero-order chi connectivity index (χ0) is 22.5. The molecule has 32 heavy (non-hydrogen) atoms. The number of fused-ring (bicyclic) bond motifs is 1. The van der Waals surface area contributed by atoms with Crippen LogP contribution < -0.4 is 10.1 Å². The number of benzene rings is 2. The number of rotatable bonds is 8. The van der Waals surface area contributed by atoms with Crippen LogP contribution in [0.1, 0.15) is 39.8 Å². The summed E-state index contributed by atoms with van der Waals surface area (Å²) in [5, 5.41) is 7.71. The zero-order valence-electron chi connectivity index (χ0n) is 18.9. The molecule has 0 saturated heterocycles. The molecule has 0 radical (unpaired) electrons. The molecule has 0 aliphatic carbocycles. The summed E-state index contributed by atoms with van der Waals surface area (Å²) in [7, 11) is 1.65. The lowest BCUT2D eigenvalue weighted by atomic mass is 10.0. The van der Waals surface area contributed by atoms with E-state index in [4.69, 9.17) is 4.74 Å². The van der Waals surface area contributed by atoms with Gasteiger partial charge in [0, 0.05) is 55.3 Å².